The summed E-state index contributed by atoms with van der Waals surface area (Å²) in [6, 6.07) is 8.78. The predicted octanol–water partition coefficient (Wildman–Crippen LogP) is 1.51. The summed E-state index contributed by atoms with van der Waals surface area (Å²) in [5.74, 6) is -0.147. The average molecular weight is 310 g/mol. The van der Waals surface area contributed by atoms with Crippen molar-refractivity contribution in [2.45, 2.75) is 18.9 Å². The van der Waals surface area contributed by atoms with Gasteiger partial charge in [0, 0.05) is 43.3 Å². The predicted molar refractivity (Wildman–Crippen MR) is 84.9 cm³/mol. The third kappa shape index (κ3) is 3.71. The molecule has 2 aromatic heterocycles. The summed E-state index contributed by atoms with van der Waals surface area (Å²) in [4.78, 5) is 34.2. The second kappa shape index (κ2) is 7.00. The monoisotopic (exact) mass is 310 g/mol. The molecule has 2 aromatic rings. The first-order valence-corrected chi connectivity index (χ1v) is 7.65. The van der Waals surface area contributed by atoms with Crippen LogP contribution >= 0.6 is 0 Å². The Morgan fingerprint density at radius 3 is 2.43 bits per heavy atom. The van der Waals surface area contributed by atoms with Crippen molar-refractivity contribution >= 4 is 11.8 Å². The van der Waals surface area contributed by atoms with Gasteiger partial charge in [-0.15, -0.1) is 0 Å². The van der Waals surface area contributed by atoms with Crippen molar-refractivity contribution in [3.63, 3.8) is 0 Å². The summed E-state index contributed by atoms with van der Waals surface area (Å²) < 4.78 is 0. The molecule has 1 N–H and O–H groups in total. The van der Waals surface area contributed by atoms with Crippen LogP contribution in [-0.2, 0) is 0 Å². The van der Waals surface area contributed by atoms with E-state index in [-0.39, 0.29) is 17.9 Å². The highest BCUT2D eigenvalue weighted by Gasteiger charge is 2.25. The van der Waals surface area contributed by atoms with Gasteiger partial charge in [-0.05, 0) is 37.1 Å². The number of rotatable bonds is 3. The van der Waals surface area contributed by atoms with E-state index in [1.165, 1.54) is 0 Å². The molecule has 0 aromatic carbocycles. The molecule has 118 valence electrons. The van der Waals surface area contributed by atoms with Gasteiger partial charge in [-0.3, -0.25) is 19.6 Å². The van der Waals surface area contributed by atoms with E-state index in [2.05, 4.69) is 15.3 Å². The highest BCUT2D eigenvalue weighted by molar-refractivity contribution is 5.94. The smallest absolute Gasteiger partial charge is 0.272 e. The van der Waals surface area contributed by atoms with Crippen LogP contribution in [0.3, 0.4) is 0 Å². The molecule has 23 heavy (non-hydrogen) atoms. The Morgan fingerprint density at radius 2 is 1.78 bits per heavy atom. The lowest BCUT2D eigenvalue weighted by molar-refractivity contribution is 0.0692. The van der Waals surface area contributed by atoms with Crippen LogP contribution in [0.5, 0.6) is 0 Å². The molecular weight excluding hydrogens is 292 g/mol. The van der Waals surface area contributed by atoms with Crippen molar-refractivity contribution in [3.8, 4) is 0 Å². The molecule has 3 heterocycles. The van der Waals surface area contributed by atoms with Gasteiger partial charge in [0.15, 0.2) is 0 Å². The maximum Gasteiger partial charge on any atom is 0.272 e. The molecule has 6 nitrogen and oxygen atoms in total. The van der Waals surface area contributed by atoms with Crippen molar-refractivity contribution in [3.05, 3.63) is 60.2 Å². The summed E-state index contributed by atoms with van der Waals surface area (Å²) >= 11 is 0. The normalized spacial score (nSPS) is 15.2. The number of carbonyl (C=O) groups is 2. The summed E-state index contributed by atoms with van der Waals surface area (Å²) in [6.07, 6.45) is 6.31. The maximum absolute atomic E-state index is 12.3. The van der Waals surface area contributed by atoms with Crippen LogP contribution in [0.4, 0.5) is 0 Å². The van der Waals surface area contributed by atoms with Crippen LogP contribution in [0.15, 0.2) is 48.9 Å². The van der Waals surface area contributed by atoms with Gasteiger partial charge >= 0.3 is 0 Å². The summed E-state index contributed by atoms with van der Waals surface area (Å²) in [6.45, 7) is 1.24. The lowest BCUT2D eigenvalue weighted by Gasteiger charge is -2.32. The van der Waals surface area contributed by atoms with Crippen molar-refractivity contribution in [1.82, 2.24) is 20.2 Å². The number of hydrogen-bond acceptors (Lipinski definition) is 4. The van der Waals surface area contributed by atoms with E-state index in [4.69, 9.17) is 0 Å². The van der Waals surface area contributed by atoms with E-state index in [1.54, 1.807) is 47.8 Å². The molecule has 1 aliphatic heterocycles. The highest BCUT2D eigenvalue weighted by Crippen LogP contribution is 2.13. The average Bonchev–Trinajstić information content (AvgIpc) is 2.63. The second-order valence-corrected chi connectivity index (χ2v) is 5.49. The Hall–Kier alpha value is -2.76. The molecule has 1 aliphatic rings. The number of nitrogens with zero attached hydrogens (tertiary/aromatic N) is 3. The van der Waals surface area contributed by atoms with Crippen LogP contribution in [0.2, 0.25) is 0 Å². The van der Waals surface area contributed by atoms with Gasteiger partial charge < -0.3 is 10.2 Å². The third-order valence-corrected chi connectivity index (χ3v) is 3.94. The highest BCUT2D eigenvalue weighted by atomic mass is 16.2. The van der Waals surface area contributed by atoms with Crippen molar-refractivity contribution in [1.29, 1.82) is 0 Å². The Morgan fingerprint density at radius 1 is 1.04 bits per heavy atom. The SMILES string of the molecule is O=C(NC1CCN(C(=O)c2ccccn2)CC1)c1ccncc1. The molecular formula is C17H18N4O2. The lowest BCUT2D eigenvalue weighted by Crippen LogP contribution is -2.46. The fourth-order valence-electron chi connectivity index (χ4n) is 2.65. The second-order valence-electron chi connectivity index (χ2n) is 5.49. The zero-order valence-corrected chi connectivity index (χ0v) is 12.7. The molecule has 0 spiro atoms. The van der Waals surface area contributed by atoms with Gasteiger partial charge in [0.2, 0.25) is 0 Å². The molecule has 0 atom stereocenters. The van der Waals surface area contributed by atoms with E-state index in [0.29, 0.717) is 24.3 Å². The van der Waals surface area contributed by atoms with Crippen LogP contribution < -0.4 is 5.32 Å². The third-order valence-electron chi connectivity index (χ3n) is 3.94. The number of carbonyl (C=O) groups excluding carboxylic acids is 2. The van der Waals surface area contributed by atoms with Crippen molar-refractivity contribution in [2.24, 2.45) is 0 Å². The van der Waals surface area contributed by atoms with Crippen molar-refractivity contribution in [2.75, 3.05) is 13.1 Å². The molecule has 0 saturated carbocycles. The molecule has 2 amide bonds. The number of piperidine rings is 1. The summed E-state index contributed by atoms with van der Waals surface area (Å²) in [5, 5.41) is 3.01. The minimum atomic E-state index is -0.0955. The summed E-state index contributed by atoms with van der Waals surface area (Å²) in [5.41, 5.74) is 1.07. The van der Waals surface area contributed by atoms with E-state index in [1.807, 2.05) is 6.07 Å². The van der Waals surface area contributed by atoms with Gasteiger partial charge in [0.25, 0.3) is 11.8 Å². The zero-order valence-electron chi connectivity index (χ0n) is 12.7. The molecule has 1 saturated heterocycles. The molecule has 0 unspecified atom stereocenters. The molecule has 0 aliphatic carbocycles. The first-order chi connectivity index (χ1) is 11.2. The largest absolute Gasteiger partial charge is 0.349 e. The van der Waals surface area contributed by atoms with Crippen LogP contribution in [0.25, 0.3) is 0 Å². The molecule has 3 rings (SSSR count). The molecule has 1 fully saturated rings. The fraction of sp³-hybridized carbons (Fsp3) is 0.294. The molecule has 0 radical (unpaired) electrons. The van der Waals surface area contributed by atoms with E-state index >= 15 is 0 Å². The Kier molecular flexibility index (Phi) is 4.61. The zero-order chi connectivity index (χ0) is 16.1. The number of amides is 2. The Balaban J connectivity index is 1.53. The fourth-order valence-corrected chi connectivity index (χ4v) is 2.65. The Bertz CT molecular complexity index is 668. The topological polar surface area (TPSA) is 75.2 Å². The maximum atomic E-state index is 12.3. The van der Waals surface area contributed by atoms with Crippen LogP contribution in [0.1, 0.15) is 33.7 Å². The summed E-state index contributed by atoms with van der Waals surface area (Å²) in [7, 11) is 0. The number of aromatic nitrogens is 2. The molecule has 6 heteroatoms. The van der Waals surface area contributed by atoms with Gasteiger partial charge in [-0.25, -0.2) is 0 Å². The van der Waals surface area contributed by atoms with Gasteiger partial charge in [0.05, 0.1) is 0 Å². The minimum absolute atomic E-state index is 0.0514. The first-order valence-electron chi connectivity index (χ1n) is 7.65. The van der Waals surface area contributed by atoms with E-state index in [9.17, 15) is 9.59 Å². The lowest BCUT2D eigenvalue weighted by atomic mass is 10.0. The number of hydrogen-bond donors (Lipinski definition) is 1. The number of pyridine rings is 2. The van der Waals surface area contributed by atoms with Gasteiger partial charge in [0.1, 0.15) is 5.69 Å². The molecule has 0 bridgehead atoms. The minimum Gasteiger partial charge on any atom is -0.349 e. The van der Waals surface area contributed by atoms with Crippen LogP contribution in [0, 0.1) is 0 Å². The van der Waals surface area contributed by atoms with Gasteiger partial charge in [-0.2, -0.15) is 0 Å². The van der Waals surface area contributed by atoms with E-state index < -0.39 is 0 Å². The Labute approximate surface area is 134 Å². The van der Waals surface area contributed by atoms with Gasteiger partial charge in [-0.1, -0.05) is 6.07 Å². The first kappa shape index (κ1) is 15.1. The van der Waals surface area contributed by atoms with Crippen LogP contribution in [-0.4, -0.2) is 45.8 Å². The van der Waals surface area contributed by atoms with E-state index in [0.717, 1.165) is 12.8 Å². The standard InChI is InChI=1S/C17H18N4O2/c22-16(13-4-9-18-10-5-13)20-14-6-11-21(12-7-14)17(23)15-3-1-2-8-19-15/h1-5,8-10,14H,6-7,11-12H2,(H,20,22). The number of nitrogens with one attached hydrogen (secondary N) is 1. The quantitative estimate of drug-likeness (QED) is 0.932. The van der Waals surface area contributed by atoms with Crippen molar-refractivity contribution < 1.29 is 9.59 Å². The number of likely N-dealkylation sites (tertiary alicyclic amines) is 1.